The van der Waals surface area contributed by atoms with Crippen LogP contribution < -0.4 is 5.32 Å². The molecule has 1 unspecified atom stereocenters. The average molecular weight is 565 g/mol. The van der Waals surface area contributed by atoms with Crippen LogP contribution >= 0.6 is 0 Å². The molecule has 10 heteroatoms. The highest BCUT2D eigenvalue weighted by Gasteiger charge is 2.37. The second kappa shape index (κ2) is 12.3. The van der Waals surface area contributed by atoms with E-state index in [2.05, 4.69) is 22.3 Å². The first kappa shape index (κ1) is 29.5. The summed E-state index contributed by atoms with van der Waals surface area (Å²) in [6.07, 6.45) is -7.61. The molecule has 0 bridgehead atoms. The van der Waals surface area contributed by atoms with Crippen LogP contribution in [0.2, 0.25) is 0 Å². The van der Waals surface area contributed by atoms with Crippen molar-refractivity contribution in [2.24, 2.45) is 0 Å². The third-order valence-electron chi connectivity index (χ3n) is 7.32. The van der Waals surface area contributed by atoms with E-state index in [4.69, 9.17) is 0 Å². The van der Waals surface area contributed by atoms with Crippen molar-refractivity contribution in [1.29, 1.82) is 0 Å². The number of hydrogen-bond acceptors (Lipinski definition) is 3. The fraction of sp³-hybridized carbons (Fsp3) is 0.367. The van der Waals surface area contributed by atoms with Gasteiger partial charge in [0.1, 0.15) is 5.75 Å². The second-order valence-corrected chi connectivity index (χ2v) is 10.1. The zero-order chi connectivity index (χ0) is 28.9. The number of nitrogens with one attached hydrogen (secondary N) is 1. The van der Waals surface area contributed by atoms with E-state index in [1.165, 1.54) is 17.7 Å². The summed E-state index contributed by atoms with van der Waals surface area (Å²) in [7, 11) is 0. The van der Waals surface area contributed by atoms with Crippen LogP contribution in [0, 0.1) is 0 Å². The zero-order valence-electron chi connectivity index (χ0n) is 21.6. The van der Waals surface area contributed by atoms with Crippen LogP contribution in [0.3, 0.4) is 0 Å². The lowest BCUT2D eigenvalue weighted by Gasteiger charge is -2.33. The number of hydrogen-bond donors (Lipinski definition) is 2. The van der Waals surface area contributed by atoms with Crippen LogP contribution in [0.4, 0.5) is 26.3 Å². The summed E-state index contributed by atoms with van der Waals surface area (Å²) < 4.78 is 79.4. The maximum atomic E-state index is 13.2. The molecule has 1 heterocycles. The maximum absolute atomic E-state index is 13.2. The lowest BCUT2D eigenvalue weighted by Crippen LogP contribution is -2.36. The summed E-state index contributed by atoms with van der Waals surface area (Å²) in [5, 5.41) is 12.2. The number of amides is 1. The summed E-state index contributed by atoms with van der Waals surface area (Å²) in [6, 6.07) is 17.6. The quantitative estimate of drug-likeness (QED) is 0.287. The smallest absolute Gasteiger partial charge is 0.416 e. The lowest BCUT2D eigenvalue weighted by molar-refractivity contribution is -0.143. The summed E-state index contributed by atoms with van der Waals surface area (Å²) in [6.45, 7) is 1.77. The fourth-order valence-electron chi connectivity index (χ4n) is 5.12. The number of carbonyl (C=O) groups is 1. The van der Waals surface area contributed by atoms with Crippen LogP contribution in [0.5, 0.6) is 5.75 Å². The Morgan fingerprint density at radius 3 is 2.00 bits per heavy atom. The summed E-state index contributed by atoms with van der Waals surface area (Å²) in [4.78, 5) is 15.5. The predicted octanol–water partition coefficient (Wildman–Crippen LogP) is 7.10. The van der Waals surface area contributed by atoms with Crippen molar-refractivity contribution >= 4 is 5.91 Å². The maximum Gasteiger partial charge on any atom is 0.416 e. The summed E-state index contributed by atoms with van der Waals surface area (Å²) in [5.74, 6) is -0.756. The minimum atomic E-state index is -4.97. The van der Waals surface area contributed by atoms with Crippen LogP contribution in [0.15, 0.2) is 72.8 Å². The number of phenols is 1. The Bertz CT molecular complexity index is 1240. The number of halogens is 6. The SMILES string of the molecule is O=C(NCc1cc(C(F)(F)F)cc(C(F)(F)F)c1)C(CCN1CCC(c2ccccc2)CC1)c1ccc(O)cc1. The average Bonchev–Trinajstić information content (AvgIpc) is 2.92. The van der Waals surface area contributed by atoms with Crippen molar-refractivity contribution in [3.05, 3.63) is 101 Å². The van der Waals surface area contributed by atoms with E-state index in [-0.39, 0.29) is 17.4 Å². The van der Waals surface area contributed by atoms with Crippen molar-refractivity contribution in [2.75, 3.05) is 19.6 Å². The molecule has 1 aliphatic rings. The first-order valence-corrected chi connectivity index (χ1v) is 13.0. The highest BCUT2D eigenvalue weighted by Crippen LogP contribution is 2.36. The molecule has 1 atom stereocenters. The summed E-state index contributed by atoms with van der Waals surface area (Å²) in [5.41, 5.74) is -1.27. The van der Waals surface area contributed by atoms with Gasteiger partial charge in [0.2, 0.25) is 5.91 Å². The number of carbonyl (C=O) groups excluding carboxylic acids is 1. The fourth-order valence-corrected chi connectivity index (χ4v) is 5.12. The molecule has 0 aliphatic carbocycles. The number of benzene rings is 3. The Kier molecular flexibility index (Phi) is 9.08. The number of likely N-dealkylation sites (tertiary alicyclic amines) is 1. The molecule has 1 fully saturated rings. The van der Waals surface area contributed by atoms with Gasteiger partial charge in [-0.3, -0.25) is 4.79 Å². The summed E-state index contributed by atoms with van der Waals surface area (Å²) >= 11 is 0. The first-order chi connectivity index (χ1) is 18.9. The molecular formula is C30H30F6N2O2. The molecule has 3 aromatic carbocycles. The van der Waals surface area contributed by atoms with Gasteiger partial charge >= 0.3 is 12.4 Å². The van der Waals surface area contributed by atoms with Crippen molar-refractivity contribution < 1.29 is 36.2 Å². The van der Waals surface area contributed by atoms with E-state index < -0.39 is 41.8 Å². The Hall–Kier alpha value is -3.53. The van der Waals surface area contributed by atoms with Crippen LogP contribution in [-0.2, 0) is 23.7 Å². The number of nitrogens with zero attached hydrogens (tertiary/aromatic N) is 1. The molecule has 0 radical (unpaired) electrons. The number of alkyl halides is 6. The zero-order valence-corrected chi connectivity index (χ0v) is 21.6. The Balaban J connectivity index is 1.44. The highest BCUT2D eigenvalue weighted by atomic mass is 19.4. The molecule has 4 rings (SSSR count). The van der Waals surface area contributed by atoms with Gasteiger partial charge < -0.3 is 15.3 Å². The van der Waals surface area contributed by atoms with E-state index >= 15 is 0 Å². The molecule has 1 amide bonds. The minimum Gasteiger partial charge on any atom is -0.508 e. The van der Waals surface area contributed by atoms with Crippen LogP contribution in [0.1, 0.15) is 58.9 Å². The molecule has 2 N–H and O–H groups in total. The van der Waals surface area contributed by atoms with Crippen LogP contribution in [0.25, 0.3) is 0 Å². The third kappa shape index (κ3) is 7.78. The van der Waals surface area contributed by atoms with E-state index in [0.29, 0.717) is 36.6 Å². The molecular weight excluding hydrogens is 534 g/mol. The van der Waals surface area contributed by atoms with E-state index in [1.807, 2.05) is 18.2 Å². The first-order valence-electron chi connectivity index (χ1n) is 13.0. The number of piperidine rings is 1. The highest BCUT2D eigenvalue weighted by molar-refractivity contribution is 5.83. The van der Waals surface area contributed by atoms with Crippen molar-refractivity contribution in [3.63, 3.8) is 0 Å². The van der Waals surface area contributed by atoms with E-state index in [9.17, 15) is 36.2 Å². The Labute approximate surface area is 228 Å². The number of phenolic OH excluding ortho intramolecular Hbond substituents is 1. The molecule has 4 nitrogen and oxygen atoms in total. The minimum absolute atomic E-state index is 0.00883. The second-order valence-electron chi connectivity index (χ2n) is 10.1. The molecule has 0 spiro atoms. The van der Waals surface area contributed by atoms with Gasteiger partial charge in [0.05, 0.1) is 17.0 Å². The Morgan fingerprint density at radius 2 is 1.45 bits per heavy atom. The van der Waals surface area contributed by atoms with Gasteiger partial charge in [-0.25, -0.2) is 0 Å². The van der Waals surface area contributed by atoms with Gasteiger partial charge in [-0.15, -0.1) is 0 Å². The van der Waals surface area contributed by atoms with Crippen molar-refractivity contribution in [3.8, 4) is 5.75 Å². The predicted molar refractivity (Wildman–Crippen MR) is 139 cm³/mol. The van der Waals surface area contributed by atoms with E-state index in [1.54, 1.807) is 12.1 Å². The molecule has 0 aromatic heterocycles. The van der Waals surface area contributed by atoms with E-state index in [0.717, 1.165) is 25.9 Å². The Morgan fingerprint density at radius 1 is 0.875 bits per heavy atom. The van der Waals surface area contributed by atoms with Gasteiger partial charge in [-0.2, -0.15) is 26.3 Å². The molecule has 214 valence electrons. The van der Waals surface area contributed by atoms with Crippen molar-refractivity contribution in [2.45, 2.75) is 50.0 Å². The number of rotatable bonds is 8. The van der Waals surface area contributed by atoms with Gasteiger partial charge in [-0.05, 0) is 91.8 Å². The van der Waals surface area contributed by atoms with Crippen LogP contribution in [-0.4, -0.2) is 35.5 Å². The molecule has 1 aliphatic heterocycles. The lowest BCUT2D eigenvalue weighted by atomic mass is 9.89. The standard InChI is InChI=1S/C30H30F6N2O2/c31-29(32,33)24-16-20(17-25(18-24)30(34,35)36)19-37-28(40)27(23-6-8-26(39)9-7-23)12-15-38-13-10-22(11-14-38)21-4-2-1-3-5-21/h1-9,16-18,22,27,39H,10-15,19H2,(H,37,40). The van der Waals surface area contributed by atoms with Gasteiger partial charge in [-0.1, -0.05) is 42.5 Å². The largest absolute Gasteiger partial charge is 0.508 e. The number of aromatic hydroxyl groups is 1. The molecule has 1 saturated heterocycles. The molecule has 40 heavy (non-hydrogen) atoms. The van der Waals surface area contributed by atoms with Crippen molar-refractivity contribution in [1.82, 2.24) is 10.2 Å². The van der Waals surface area contributed by atoms with Gasteiger partial charge in [0.15, 0.2) is 0 Å². The third-order valence-corrected chi connectivity index (χ3v) is 7.32. The van der Waals surface area contributed by atoms with Gasteiger partial charge in [0.25, 0.3) is 0 Å². The molecule has 3 aromatic rings. The monoisotopic (exact) mass is 564 g/mol. The molecule has 0 saturated carbocycles. The normalized spacial score (nSPS) is 16.1. The van der Waals surface area contributed by atoms with Gasteiger partial charge in [0, 0.05) is 6.54 Å². The topological polar surface area (TPSA) is 52.6 Å².